The second-order valence-corrected chi connectivity index (χ2v) is 3.85. The number of hydrogen-bond acceptors (Lipinski definition) is 3. The van der Waals surface area contributed by atoms with Gasteiger partial charge in [-0.05, 0) is 12.3 Å². The lowest BCUT2D eigenvalue weighted by Gasteiger charge is -2.19. The second-order valence-electron chi connectivity index (χ2n) is 3.85. The Balaban J connectivity index is 2.24. The Bertz CT molecular complexity index is 359. The van der Waals surface area contributed by atoms with Crippen LogP contribution in [0.2, 0.25) is 0 Å². The largest absolute Gasteiger partial charge is 0.481 e. The van der Waals surface area contributed by atoms with E-state index in [4.69, 9.17) is 5.11 Å². The minimum Gasteiger partial charge on any atom is -0.481 e. The summed E-state index contributed by atoms with van der Waals surface area (Å²) in [7, 11) is 0. The SMILES string of the molecule is CC1CCn2c(CC(=O)O)nnc2C1. The highest BCUT2D eigenvalue weighted by Crippen LogP contribution is 2.19. The molecule has 0 radical (unpaired) electrons. The van der Waals surface area contributed by atoms with Crippen LogP contribution in [-0.2, 0) is 24.2 Å². The van der Waals surface area contributed by atoms with Crippen LogP contribution >= 0.6 is 0 Å². The summed E-state index contributed by atoms with van der Waals surface area (Å²) in [6.07, 6.45) is 1.96. The van der Waals surface area contributed by atoms with E-state index in [1.807, 2.05) is 4.57 Å². The molecule has 1 aliphatic heterocycles. The van der Waals surface area contributed by atoms with E-state index in [0.717, 1.165) is 25.2 Å². The van der Waals surface area contributed by atoms with Crippen molar-refractivity contribution in [2.24, 2.45) is 5.92 Å². The van der Waals surface area contributed by atoms with Crippen LogP contribution in [0.15, 0.2) is 0 Å². The van der Waals surface area contributed by atoms with Crippen molar-refractivity contribution in [1.29, 1.82) is 0 Å². The predicted octanol–water partition coefficient (Wildman–Crippen LogP) is 0.487. The van der Waals surface area contributed by atoms with Gasteiger partial charge in [-0.3, -0.25) is 4.79 Å². The zero-order valence-corrected chi connectivity index (χ0v) is 8.10. The minimum absolute atomic E-state index is 0.0264. The lowest BCUT2D eigenvalue weighted by atomic mass is 10.0. The highest BCUT2D eigenvalue weighted by molar-refractivity contribution is 5.69. The fraction of sp³-hybridized carbons (Fsp3) is 0.667. The maximum Gasteiger partial charge on any atom is 0.311 e. The third-order valence-electron chi connectivity index (χ3n) is 2.59. The molecule has 1 aromatic heterocycles. The van der Waals surface area contributed by atoms with Crippen molar-refractivity contribution < 1.29 is 9.90 Å². The van der Waals surface area contributed by atoms with Crippen LogP contribution in [-0.4, -0.2) is 25.8 Å². The summed E-state index contributed by atoms with van der Waals surface area (Å²) in [6.45, 7) is 3.03. The summed E-state index contributed by atoms with van der Waals surface area (Å²) in [5.41, 5.74) is 0. The Kier molecular flexibility index (Phi) is 2.23. The third-order valence-corrected chi connectivity index (χ3v) is 2.59. The monoisotopic (exact) mass is 195 g/mol. The van der Waals surface area contributed by atoms with E-state index in [2.05, 4.69) is 17.1 Å². The molecular formula is C9H13N3O2. The first kappa shape index (κ1) is 9.18. The Morgan fingerprint density at radius 1 is 1.64 bits per heavy atom. The molecule has 0 spiro atoms. The van der Waals surface area contributed by atoms with Gasteiger partial charge in [0.15, 0.2) is 0 Å². The molecule has 0 saturated heterocycles. The Hall–Kier alpha value is -1.39. The normalized spacial score (nSPS) is 20.5. The van der Waals surface area contributed by atoms with Crippen molar-refractivity contribution in [2.75, 3.05) is 0 Å². The number of carboxylic acids is 1. The average molecular weight is 195 g/mol. The molecule has 1 unspecified atom stereocenters. The Morgan fingerprint density at radius 3 is 3.14 bits per heavy atom. The summed E-state index contributed by atoms with van der Waals surface area (Å²) in [4.78, 5) is 10.5. The third kappa shape index (κ3) is 1.62. The van der Waals surface area contributed by atoms with E-state index < -0.39 is 5.97 Å². The number of aliphatic carboxylic acids is 1. The lowest BCUT2D eigenvalue weighted by Crippen LogP contribution is -2.20. The number of fused-ring (bicyclic) bond motifs is 1. The quantitative estimate of drug-likeness (QED) is 0.745. The number of hydrogen-bond donors (Lipinski definition) is 1. The highest BCUT2D eigenvalue weighted by Gasteiger charge is 2.20. The summed E-state index contributed by atoms with van der Waals surface area (Å²) >= 11 is 0. The molecule has 76 valence electrons. The van der Waals surface area contributed by atoms with Gasteiger partial charge in [0.1, 0.15) is 18.1 Å². The molecule has 1 aliphatic rings. The molecule has 5 heteroatoms. The molecule has 0 fully saturated rings. The van der Waals surface area contributed by atoms with Crippen molar-refractivity contribution in [3.8, 4) is 0 Å². The highest BCUT2D eigenvalue weighted by atomic mass is 16.4. The standard InChI is InChI=1S/C9H13N3O2/c1-6-2-3-12-7(4-6)10-11-8(12)5-9(13)14/h6H,2-5H2,1H3,(H,13,14). The summed E-state index contributed by atoms with van der Waals surface area (Å²) in [5.74, 6) is 1.29. The number of carbonyl (C=O) groups is 1. The van der Waals surface area contributed by atoms with Gasteiger partial charge < -0.3 is 9.67 Å². The first-order valence-corrected chi connectivity index (χ1v) is 4.79. The maximum atomic E-state index is 10.5. The van der Waals surface area contributed by atoms with Gasteiger partial charge in [-0.1, -0.05) is 6.92 Å². The molecule has 2 heterocycles. The van der Waals surface area contributed by atoms with Crippen LogP contribution < -0.4 is 0 Å². The van der Waals surface area contributed by atoms with Crippen LogP contribution in [0.25, 0.3) is 0 Å². The van der Waals surface area contributed by atoms with E-state index in [-0.39, 0.29) is 6.42 Å². The molecule has 0 aliphatic carbocycles. The van der Waals surface area contributed by atoms with Gasteiger partial charge in [-0.25, -0.2) is 0 Å². The van der Waals surface area contributed by atoms with Gasteiger partial charge in [0, 0.05) is 13.0 Å². The molecule has 0 amide bonds. The van der Waals surface area contributed by atoms with E-state index in [1.54, 1.807) is 0 Å². The van der Waals surface area contributed by atoms with E-state index in [1.165, 1.54) is 0 Å². The Labute approximate surface area is 81.8 Å². The summed E-state index contributed by atoms with van der Waals surface area (Å²) < 4.78 is 1.94. The van der Waals surface area contributed by atoms with E-state index >= 15 is 0 Å². The van der Waals surface area contributed by atoms with E-state index in [0.29, 0.717) is 11.7 Å². The van der Waals surface area contributed by atoms with Gasteiger partial charge in [0.05, 0.1) is 0 Å². The van der Waals surface area contributed by atoms with E-state index in [9.17, 15) is 4.79 Å². The molecule has 1 aromatic rings. The summed E-state index contributed by atoms with van der Waals surface area (Å²) in [6, 6.07) is 0. The molecule has 0 bridgehead atoms. The fourth-order valence-corrected chi connectivity index (χ4v) is 1.81. The lowest BCUT2D eigenvalue weighted by molar-refractivity contribution is -0.136. The fourth-order valence-electron chi connectivity index (χ4n) is 1.81. The zero-order valence-electron chi connectivity index (χ0n) is 8.10. The molecule has 14 heavy (non-hydrogen) atoms. The zero-order chi connectivity index (χ0) is 10.1. The van der Waals surface area contributed by atoms with Gasteiger partial charge in [-0.2, -0.15) is 0 Å². The maximum absolute atomic E-state index is 10.5. The molecular weight excluding hydrogens is 182 g/mol. The van der Waals surface area contributed by atoms with Crippen molar-refractivity contribution in [2.45, 2.75) is 32.7 Å². The van der Waals surface area contributed by atoms with Crippen molar-refractivity contribution in [3.05, 3.63) is 11.6 Å². The van der Waals surface area contributed by atoms with Crippen LogP contribution in [0.1, 0.15) is 25.0 Å². The number of carboxylic acid groups (broad SMARTS) is 1. The topological polar surface area (TPSA) is 68.0 Å². The second kappa shape index (κ2) is 3.40. The molecule has 1 atom stereocenters. The van der Waals surface area contributed by atoms with Gasteiger partial charge >= 0.3 is 5.97 Å². The van der Waals surface area contributed by atoms with Crippen LogP contribution in [0.3, 0.4) is 0 Å². The minimum atomic E-state index is -0.848. The average Bonchev–Trinajstić information content (AvgIpc) is 2.47. The first-order chi connectivity index (χ1) is 6.66. The predicted molar refractivity (Wildman–Crippen MR) is 48.8 cm³/mol. The van der Waals surface area contributed by atoms with Gasteiger partial charge in [0.2, 0.25) is 0 Å². The molecule has 0 aromatic carbocycles. The van der Waals surface area contributed by atoms with Crippen molar-refractivity contribution in [1.82, 2.24) is 14.8 Å². The van der Waals surface area contributed by atoms with Crippen LogP contribution in [0.5, 0.6) is 0 Å². The van der Waals surface area contributed by atoms with Crippen LogP contribution in [0.4, 0.5) is 0 Å². The molecule has 0 saturated carbocycles. The molecule has 5 nitrogen and oxygen atoms in total. The molecule has 2 rings (SSSR count). The smallest absolute Gasteiger partial charge is 0.311 e. The van der Waals surface area contributed by atoms with Crippen molar-refractivity contribution >= 4 is 5.97 Å². The van der Waals surface area contributed by atoms with Gasteiger partial charge in [-0.15, -0.1) is 10.2 Å². The Morgan fingerprint density at radius 2 is 2.43 bits per heavy atom. The summed E-state index contributed by atoms with van der Waals surface area (Å²) in [5, 5.41) is 16.6. The number of aromatic nitrogens is 3. The van der Waals surface area contributed by atoms with Crippen LogP contribution in [0, 0.1) is 5.92 Å². The number of nitrogens with zero attached hydrogens (tertiary/aromatic N) is 3. The van der Waals surface area contributed by atoms with Gasteiger partial charge in [0.25, 0.3) is 0 Å². The number of rotatable bonds is 2. The van der Waals surface area contributed by atoms with Crippen molar-refractivity contribution in [3.63, 3.8) is 0 Å². The molecule has 1 N–H and O–H groups in total. The first-order valence-electron chi connectivity index (χ1n) is 4.79.